The van der Waals surface area contributed by atoms with Crippen LogP contribution in [-0.2, 0) is 14.3 Å². The largest absolute Gasteiger partial charge is 0.482 e. The predicted octanol–water partition coefficient (Wildman–Crippen LogP) is 3.47. The molecule has 0 saturated carbocycles. The molecule has 0 atom stereocenters. The standard InChI is InChI=1S/C20H29NO4/c1-7-21(11-14(2)3)19(22)12-25-20(23)13-24-18-10-16(6)8-9-17(18)15(4)5/h8-10,15H,2,7,11-13H2,1,3-6H3. The Hall–Kier alpha value is -2.30. The van der Waals surface area contributed by atoms with E-state index in [1.54, 1.807) is 4.90 Å². The molecule has 0 aliphatic rings. The molecule has 0 radical (unpaired) electrons. The van der Waals surface area contributed by atoms with Gasteiger partial charge in [-0.15, -0.1) is 0 Å². The van der Waals surface area contributed by atoms with Crippen LogP contribution in [0, 0.1) is 6.92 Å². The van der Waals surface area contributed by atoms with Crippen molar-refractivity contribution in [1.82, 2.24) is 4.90 Å². The first-order chi connectivity index (χ1) is 11.7. The number of carbonyl (C=O) groups excluding carboxylic acids is 2. The van der Waals surface area contributed by atoms with Gasteiger partial charge < -0.3 is 14.4 Å². The summed E-state index contributed by atoms with van der Waals surface area (Å²) >= 11 is 0. The summed E-state index contributed by atoms with van der Waals surface area (Å²) in [4.78, 5) is 25.5. The molecule has 1 aromatic rings. The zero-order valence-corrected chi connectivity index (χ0v) is 15.9. The normalized spacial score (nSPS) is 10.5. The van der Waals surface area contributed by atoms with E-state index in [9.17, 15) is 9.59 Å². The van der Waals surface area contributed by atoms with E-state index in [4.69, 9.17) is 9.47 Å². The van der Waals surface area contributed by atoms with Crippen molar-refractivity contribution in [2.45, 2.75) is 40.5 Å². The third-order valence-electron chi connectivity index (χ3n) is 3.69. The third kappa shape index (κ3) is 6.99. The van der Waals surface area contributed by atoms with E-state index >= 15 is 0 Å². The van der Waals surface area contributed by atoms with Crippen molar-refractivity contribution in [3.8, 4) is 5.75 Å². The Morgan fingerprint density at radius 3 is 2.48 bits per heavy atom. The summed E-state index contributed by atoms with van der Waals surface area (Å²) in [6.07, 6.45) is 0. The molecule has 138 valence electrons. The number of aryl methyl sites for hydroxylation is 1. The highest BCUT2D eigenvalue weighted by Crippen LogP contribution is 2.27. The van der Waals surface area contributed by atoms with Crippen LogP contribution in [0.3, 0.4) is 0 Å². The molecule has 0 saturated heterocycles. The number of hydrogen-bond donors (Lipinski definition) is 0. The van der Waals surface area contributed by atoms with Gasteiger partial charge in [0.2, 0.25) is 0 Å². The lowest BCUT2D eigenvalue weighted by Gasteiger charge is -2.20. The molecule has 0 fully saturated rings. The lowest BCUT2D eigenvalue weighted by Crippen LogP contribution is -2.36. The molecule has 0 N–H and O–H groups in total. The van der Waals surface area contributed by atoms with Gasteiger partial charge >= 0.3 is 5.97 Å². The Morgan fingerprint density at radius 2 is 1.92 bits per heavy atom. The maximum absolute atomic E-state index is 12.0. The van der Waals surface area contributed by atoms with Crippen molar-refractivity contribution < 1.29 is 19.1 Å². The molecular formula is C20H29NO4. The van der Waals surface area contributed by atoms with Crippen LogP contribution >= 0.6 is 0 Å². The molecule has 1 aromatic carbocycles. The number of rotatable bonds is 9. The van der Waals surface area contributed by atoms with E-state index in [0.717, 1.165) is 16.7 Å². The van der Waals surface area contributed by atoms with E-state index in [1.807, 2.05) is 39.0 Å². The van der Waals surface area contributed by atoms with E-state index in [-0.39, 0.29) is 25.0 Å². The molecule has 0 heterocycles. The highest BCUT2D eigenvalue weighted by Gasteiger charge is 2.15. The van der Waals surface area contributed by atoms with Gasteiger partial charge in [0.05, 0.1) is 0 Å². The van der Waals surface area contributed by atoms with Gasteiger partial charge in [0, 0.05) is 13.1 Å². The Morgan fingerprint density at radius 1 is 1.24 bits per heavy atom. The zero-order valence-electron chi connectivity index (χ0n) is 15.9. The van der Waals surface area contributed by atoms with Crippen LogP contribution in [0.2, 0.25) is 0 Å². The number of esters is 1. The fraction of sp³-hybridized carbons (Fsp3) is 0.500. The second kappa shape index (κ2) is 9.87. The Labute approximate surface area is 150 Å². The van der Waals surface area contributed by atoms with Gasteiger partial charge in [-0.3, -0.25) is 4.79 Å². The summed E-state index contributed by atoms with van der Waals surface area (Å²) in [5.41, 5.74) is 2.97. The number of likely N-dealkylation sites (N-methyl/N-ethyl adjacent to an activating group) is 1. The molecule has 25 heavy (non-hydrogen) atoms. The van der Waals surface area contributed by atoms with Gasteiger partial charge in [-0.2, -0.15) is 0 Å². The van der Waals surface area contributed by atoms with E-state index < -0.39 is 5.97 Å². The van der Waals surface area contributed by atoms with Gasteiger partial charge in [0.1, 0.15) is 5.75 Å². The number of ether oxygens (including phenoxy) is 2. The van der Waals surface area contributed by atoms with Crippen molar-refractivity contribution in [3.63, 3.8) is 0 Å². The molecule has 5 nitrogen and oxygen atoms in total. The zero-order chi connectivity index (χ0) is 19.0. The van der Waals surface area contributed by atoms with Gasteiger partial charge in [-0.25, -0.2) is 4.79 Å². The second-order valence-corrected chi connectivity index (χ2v) is 6.51. The fourth-order valence-corrected chi connectivity index (χ4v) is 2.36. The van der Waals surface area contributed by atoms with Crippen molar-refractivity contribution >= 4 is 11.9 Å². The Balaban J connectivity index is 2.54. The highest BCUT2D eigenvalue weighted by molar-refractivity contribution is 5.81. The smallest absolute Gasteiger partial charge is 0.344 e. The fourth-order valence-electron chi connectivity index (χ4n) is 2.36. The quantitative estimate of drug-likeness (QED) is 0.507. The molecule has 0 unspecified atom stereocenters. The van der Waals surface area contributed by atoms with E-state index in [0.29, 0.717) is 18.8 Å². The number of hydrogen-bond acceptors (Lipinski definition) is 4. The maximum atomic E-state index is 12.0. The minimum Gasteiger partial charge on any atom is -0.482 e. The molecular weight excluding hydrogens is 318 g/mol. The average molecular weight is 347 g/mol. The van der Waals surface area contributed by atoms with Crippen LogP contribution in [0.5, 0.6) is 5.75 Å². The van der Waals surface area contributed by atoms with Crippen LogP contribution in [0.1, 0.15) is 44.7 Å². The monoisotopic (exact) mass is 347 g/mol. The highest BCUT2D eigenvalue weighted by atomic mass is 16.6. The van der Waals surface area contributed by atoms with Gasteiger partial charge in [-0.05, 0) is 43.9 Å². The summed E-state index contributed by atoms with van der Waals surface area (Å²) in [7, 11) is 0. The van der Waals surface area contributed by atoms with Crippen LogP contribution < -0.4 is 4.74 Å². The molecule has 0 spiro atoms. The maximum Gasteiger partial charge on any atom is 0.344 e. The Bertz CT molecular complexity index is 622. The van der Waals surface area contributed by atoms with Gasteiger partial charge in [0.25, 0.3) is 5.91 Å². The lowest BCUT2D eigenvalue weighted by atomic mass is 10.0. The van der Waals surface area contributed by atoms with Crippen molar-refractivity contribution in [2.24, 2.45) is 0 Å². The molecule has 0 aliphatic carbocycles. The minimum absolute atomic E-state index is 0.219. The summed E-state index contributed by atoms with van der Waals surface area (Å²) in [6, 6.07) is 5.92. The summed E-state index contributed by atoms with van der Waals surface area (Å²) in [5, 5.41) is 0. The summed E-state index contributed by atoms with van der Waals surface area (Å²) in [6.45, 7) is 14.1. The van der Waals surface area contributed by atoms with Crippen LogP contribution in [0.15, 0.2) is 30.4 Å². The molecule has 0 aromatic heterocycles. The summed E-state index contributed by atoms with van der Waals surface area (Å²) in [5.74, 6) is 0.164. The Kier molecular flexibility index (Phi) is 8.19. The van der Waals surface area contributed by atoms with Crippen molar-refractivity contribution in [2.75, 3.05) is 26.3 Å². The first-order valence-electron chi connectivity index (χ1n) is 8.55. The van der Waals surface area contributed by atoms with Crippen molar-refractivity contribution in [1.29, 1.82) is 0 Å². The van der Waals surface area contributed by atoms with Crippen LogP contribution in [-0.4, -0.2) is 43.1 Å². The minimum atomic E-state index is -0.559. The first kappa shape index (κ1) is 20.7. The molecule has 0 bridgehead atoms. The second-order valence-electron chi connectivity index (χ2n) is 6.51. The number of nitrogens with zero attached hydrogens (tertiary/aromatic N) is 1. The van der Waals surface area contributed by atoms with Gasteiger partial charge in [0.15, 0.2) is 13.2 Å². The number of carbonyl (C=O) groups is 2. The van der Waals surface area contributed by atoms with E-state index in [1.165, 1.54) is 0 Å². The summed E-state index contributed by atoms with van der Waals surface area (Å²) < 4.78 is 10.6. The van der Waals surface area contributed by atoms with Crippen LogP contribution in [0.25, 0.3) is 0 Å². The van der Waals surface area contributed by atoms with Gasteiger partial charge in [-0.1, -0.05) is 38.1 Å². The average Bonchev–Trinajstić information content (AvgIpc) is 2.55. The van der Waals surface area contributed by atoms with E-state index in [2.05, 4.69) is 20.4 Å². The number of benzene rings is 1. The van der Waals surface area contributed by atoms with Crippen molar-refractivity contribution in [3.05, 3.63) is 41.5 Å². The van der Waals surface area contributed by atoms with Crippen LogP contribution in [0.4, 0.5) is 0 Å². The number of amides is 1. The SMILES string of the molecule is C=C(C)CN(CC)C(=O)COC(=O)COc1cc(C)ccc1C(C)C. The molecule has 0 aliphatic heterocycles. The topological polar surface area (TPSA) is 55.8 Å². The first-order valence-corrected chi connectivity index (χ1v) is 8.55. The predicted molar refractivity (Wildman–Crippen MR) is 98.8 cm³/mol. The third-order valence-corrected chi connectivity index (χ3v) is 3.69. The molecule has 1 amide bonds. The molecule has 5 heteroatoms. The molecule has 1 rings (SSSR count). The lowest BCUT2D eigenvalue weighted by molar-refractivity contribution is -0.153.